The predicted octanol–water partition coefficient (Wildman–Crippen LogP) is 3.46. The van der Waals surface area contributed by atoms with Gasteiger partial charge in [-0.05, 0) is 38.3 Å². The molecule has 0 N–H and O–H groups in total. The number of hydrogen-bond acceptors (Lipinski definition) is 4. The van der Waals surface area contributed by atoms with Crippen LogP contribution >= 0.6 is 10.7 Å². The lowest BCUT2D eigenvalue weighted by Gasteiger charge is -2.27. The lowest BCUT2D eigenvalue weighted by atomic mass is 9.90. The predicted molar refractivity (Wildman–Crippen MR) is 84.4 cm³/mol. The summed E-state index contributed by atoms with van der Waals surface area (Å²) in [5.74, 6) is 0.740. The standard InChI is InChI=1S/C15H22ClNO3S/c1-3-13-14(7-6-12(2)17-13)20-10-15(8-4-5-9-15)11-21(16,18)19/h6-7H,3-5,8-11H2,1-2H3. The molecule has 1 saturated carbocycles. The zero-order valence-electron chi connectivity index (χ0n) is 12.6. The zero-order valence-corrected chi connectivity index (χ0v) is 14.1. The molecule has 4 nitrogen and oxygen atoms in total. The van der Waals surface area contributed by atoms with Crippen molar-refractivity contribution in [1.29, 1.82) is 0 Å². The smallest absolute Gasteiger partial charge is 0.233 e. The Morgan fingerprint density at radius 2 is 2.00 bits per heavy atom. The second kappa shape index (κ2) is 6.53. The fraction of sp³-hybridized carbons (Fsp3) is 0.667. The third kappa shape index (κ3) is 4.58. The Balaban J connectivity index is 2.12. The number of pyridine rings is 1. The Hall–Kier alpha value is -0.810. The van der Waals surface area contributed by atoms with Gasteiger partial charge in [-0.15, -0.1) is 0 Å². The lowest BCUT2D eigenvalue weighted by Crippen LogP contribution is -2.32. The SMILES string of the molecule is CCc1nc(C)ccc1OCC1(CS(=O)(=O)Cl)CCCC1. The summed E-state index contributed by atoms with van der Waals surface area (Å²) >= 11 is 0. The molecule has 21 heavy (non-hydrogen) atoms. The third-order valence-electron chi connectivity index (χ3n) is 4.08. The Bertz CT molecular complexity index is 595. The van der Waals surface area contributed by atoms with Crippen molar-refractivity contribution < 1.29 is 13.2 Å². The molecule has 1 aliphatic rings. The summed E-state index contributed by atoms with van der Waals surface area (Å²) in [5, 5.41) is 0. The van der Waals surface area contributed by atoms with Crippen LogP contribution in [0.2, 0.25) is 0 Å². The fourth-order valence-electron chi connectivity index (χ4n) is 3.03. The minimum Gasteiger partial charge on any atom is -0.491 e. The van der Waals surface area contributed by atoms with E-state index in [2.05, 4.69) is 4.98 Å². The molecule has 0 atom stereocenters. The molecule has 0 radical (unpaired) electrons. The molecule has 1 aliphatic carbocycles. The third-order valence-corrected chi connectivity index (χ3v) is 5.37. The van der Waals surface area contributed by atoms with Crippen molar-refractivity contribution in [3.05, 3.63) is 23.5 Å². The first kappa shape index (κ1) is 16.6. The maximum absolute atomic E-state index is 11.5. The first-order valence-electron chi connectivity index (χ1n) is 7.35. The Kier molecular flexibility index (Phi) is 5.15. The van der Waals surface area contributed by atoms with Crippen molar-refractivity contribution in [1.82, 2.24) is 4.98 Å². The molecule has 118 valence electrons. The summed E-state index contributed by atoms with van der Waals surface area (Å²) in [6, 6.07) is 3.83. The summed E-state index contributed by atoms with van der Waals surface area (Å²) in [5.41, 5.74) is 1.52. The highest BCUT2D eigenvalue weighted by Gasteiger charge is 2.38. The van der Waals surface area contributed by atoms with Crippen LogP contribution in [0.25, 0.3) is 0 Å². The van der Waals surface area contributed by atoms with Crippen LogP contribution in [-0.4, -0.2) is 25.8 Å². The summed E-state index contributed by atoms with van der Waals surface area (Å²) in [6.45, 7) is 4.36. The minimum absolute atomic E-state index is 0.0116. The van der Waals surface area contributed by atoms with E-state index in [4.69, 9.17) is 15.4 Å². The van der Waals surface area contributed by atoms with E-state index < -0.39 is 9.05 Å². The van der Waals surface area contributed by atoms with Crippen molar-refractivity contribution in [2.24, 2.45) is 5.41 Å². The highest BCUT2D eigenvalue weighted by atomic mass is 35.7. The van der Waals surface area contributed by atoms with E-state index in [0.29, 0.717) is 6.61 Å². The molecule has 1 heterocycles. The molecule has 1 aromatic heterocycles. The molecule has 0 spiro atoms. The average Bonchev–Trinajstić information content (AvgIpc) is 2.83. The molecular formula is C15H22ClNO3S. The molecule has 6 heteroatoms. The van der Waals surface area contributed by atoms with Crippen molar-refractivity contribution >= 4 is 19.7 Å². The normalized spacial score (nSPS) is 17.9. The average molecular weight is 332 g/mol. The van der Waals surface area contributed by atoms with Gasteiger partial charge in [0.15, 0.2) is 0 Å². The van der Waals surface area contributed by atoms with Gasteiger partial charge in [0.2, 0.25) is 9.05 Å². The first-order chi connectivity index (χ1) is 9.84. The molecule has 0 bridgehead atoms. The van der Waals surface area contributed by atoms with Crippen molar-refractivity contribution in [2.45, 2.75) is 46.0 Å². The zero-order chi connectivity index (χ0) is 15.5. The maximum atomic E-state index is 11.5. The van der Waals surface area contributed by atoms with E-state index in [-0.39, 0.29) is 11.2 Å². The molecular weight excluding hydrogens is 310 g/mol. The Labute approximate surface area is 131 Å². The topological polar surface area (TPSA) is 56.3 Å². The number of rotatable bonds is 6. The highest BCUT2D eigenvalue weighted by Crippen LogP contribution is 2.40. The summed E-state index contributed by atoms with van der Waals surface area (Å²) < 4.78 is 28.9. The summed E-state index contributed by atoms with van der Waals surface area (Å²) in [6.07, 6.45) is 4.54. The van der Waals surface area contributed by atoms with Crippen LogP contribution in [0, 0.1) is 12.3 Å². The van der Waals surface area contributed by atoms with Gasteiger partial charge in [0.1, 0.15) is 5.75 Å². The second-order valence-electron chi connectivity index (χ2n) is 5.93. The largest absolute Gasteiger partial charge is 0.491 e. The number of aromatic nitrogens is 1. The van der Waals surface area contributed by atoms with Gasteiger partial charge in [-0.1, -0.05) is 19.8 Å². The van der Waals surface area contributed by atoms with Crippen LogP contribution in [0.4, 0.5) is 0 Å². The lowest BCUT2D eigenvalue weighted by molar-refractivity contribution is 0.169. The van der Waals surface area contributed by atoms with Gasteiger partial charge in [-0.3, -0.25) is 4.98 Å². The molecule has 1 aromatic rings. The number of hydrogen-bond donors (Lipinski definition) is 0. The summed E-state index contributed by atoms with van der Waals surface area (Å²) in [7, 11) is 1.95. The quantitative estimate of drug-likeness (QED) is 0.749. The number of halogens is 1. The second-order valence-corrected chi connectivity index (χ2v) is 8.71. The number of ether oxygens (including phenoxy) is 1. The van der Waals surface area contributed by atoms with Gasteiger partial charge < -0.3 is 4.74 Å². The van der Waals surface area contributed by atoms with Crippen molar-refractivity contribution in [2.75, 3.05) is 12.4 Å². The van der Waals surface area contributed by atoms with Crippen LogP contribution in [0.5, 0.6) is 5.75 Å². The van der Waals surface area contributed by atoms with Crippen LogP contribution < -0.4 is 4.74 Å². The first-order valence-corrected chi connectivity index (χ1v) is 9.83. The van der Waals surface area contributed by atoms with E-state index in [1.54, 1.807) is 0 Å². The van der Waals surface area contributed by atoms with E-state index in [0.717, 1.165) is 49.2 Å². The van der Waals surface area contributed by atoms with Crippen molar-refractivity contribution in [3.8, 4) is 5.75 Å². The molecule has 0 amide bonds. The van der Waals surface area contributed by atoms with Gasteiger partial charge in [-0.2, -0.15) is 0 Å². The van der Waals surface area contributed by atoms with E-state index in [1.165, 1.54) is 0 Å². The van der Waals surface area contributed by atoms with Gasteiger partial charge in [-0.25, -0.2) is 8.42 Å². The van der Waals surface area contributed by atoms with Gasteiger partial charge in [0, 0.05) is 21.8 Å². The summed E-state index contributed by atoms with van der Waals surface area (Å²) in [4.78, 5) is 4.46. The highest BCUT2D eigenvalue weighted by molar-refractivity contribution is 8.13. The van der Waals surface area contributed by atoms with Gasteiger partial charge in [0.25, 0.3) is 0 Å². The molecule has 0 aliphatic heterocycles. The fourth-order valence-corrected chi connectivity index (χ4v) is 4.83. The van der Waals surface area contributed by atoms with Gasteiger partial charge in [0.05, 0.1) is 18.1 Å². The van der Waals surface area contributed by atoms with Crippen LogP contribution in [0.15, 0.2) is 12.1 Å². The van der Waals surface area contributed by atoms with E-state index >= 15 is 0 Å². The molecule has 0 aromatic carbocycles. The monoisotopic (exact) mass is 331 g/mol. The Morgan fingerprint density at radius 3 is 2.57 bits per heavy atom. The van der Waals surface area contributed by atoms with E-state index in [9.17, 15) is 8.42 Å². The molecule has 0 saturated heterocycles. The molecule has 2 rings (SSSR count). The van der Waals surface area contributed by atoms with Crippen molar-refractivity contribution in [3.63, 3.8) is 0 Å². The Morgan fingerprint density at radius 1 is 1.33 bits per heavy atom. The minimum atomic E-state index is -3.52. The van der Waals surface area contributed by atoms with Crippen LogP contribution in [0.3, 0.4) is 0 Å². The van der Waals surface area contributed by atoms with E-state index in [1.807, 2.05) is 26.0 Å². The maximum Gasteiger partial charge on any atom is 0.233 e. The van der Waals surface area contributed by atoms with Crippen LogP contribution in [0.1, 0.15) is 44.0 Å². The molecule has 1 fully saturated rings. The van der Waals surface area contributed by atoms with Gasteiger partial charge >= 0.3 is 0 Å². The number of nitrogens with zero attached hydrogens (tertiary/aromatic N) is 1. The molecule has 0 unspecified atom stereocenters. The van der Waals surface area contributed by atoms with Crippen LogP contribution in [-0.2, 0) is 15.5 Å². The number of aryl methyl sites for hydroxylation is 2.